The molecule has 0 aliphatic heterocycles. The molecule has 0 heterocycles. The maximum Gasteiger partial charge on any atom is 0.319 e. The van der Waals surface area contributed by atoms with E-state index in [-0.39, 0.29) is 17.0 Å². The molecule has 0 saturated carbocycles. The molecular weight excluding hydrogens is 353 g/mol. The summed E-state index contributed by atoms with van der Waals surface area (Å²) in [6.45, 7) is 0. The average Bonchev–Trinajstić information content (AvgIpc) is 2.51. The molecular formula is C16H13BrFNO3. The molecule has 6 heteroatoms. The van der Waals surface area contributed by atoms with Crippen LogP contribution in [0.4, 0.5) is 4.39 Å². The van der Waals surface area contributed by atoms with Crippen LogP contribution < -0.4 is 0 Å². The van der Waals surface area contributed by atoms with E-state index in [4.69, 9.17) is 10.1 Å². The van der Waals surface area contributed by atoms with E-state index in [1.807, 2.05) is 0 Å². The number of phenols is 1. The maximum absolute atomic E-state index is 13.0. The topological polar surface area (TPSA) is 70.4 Å². The zero-order valence-corrected chi connectivity index (χ0v) is 13.2. The van der Waals surface area contributed by atoms with E-state index in [2.05, 4.69) is 15.9 Å². The van der Waals surface area contributed by atoms with E-state index in [0.29, 0.717) is 10.0 Å². The molecule has 1 atom stereocenters. The number of hydrogen-bond acceptors (Lipinski definition) is 4. The van der Waals surface area contributed by atoms with Crippen molar-refractivity contribution >= 4 is 27.6 Å². The lowest BCUT2D eigenvalue weighted by molar-refractivity contribution is -0.140. The molecule has 2 N–H and O–H groups in total. The molecule has 0 bridgehead atoms. The Morgan fingerprint density at radius 2 is 1.91 bits per heavy atom. The van der Waals surface area contributed by atoms with E-state index in [9.17, 15) is 14.3 Å². The lowest BCUT2D eigenvalue weighted by atomic mass is 9.89. The smallest absolute Gasteiger partial charge is 0.319 e. The Balaban J connectivity index is 2.50. The van der Waals surface area contributed by atoms with Gasteiger partial charge in [-0.05, 0) is 35.9 Å². The molecule has 0 radical (unpaired) electrons. The molecule has 0 saturated heterocycles. The van der Waals surface area contributed by atoms with Crippen molar-refractivity contribution in [3.8, 4) is 5.75 Å². The Morgan fingerprint density at radius 3 is 2.50 bits per heavy atom. The third-order valence-electron chi connectivity index (χ3n) is 3.18. The molecule has 4 nitrogen and oxygen atoms in total. The molecule has 0 aromatic heterocycles. The second-order valence-electron chi connectivity index (χ2n) is 4.58. The predicted octanol–water partition coefficient (Wildman–Crippen LogP) is 3.62. The number of aromatic hydroxyl groups is 1. The zero-order chi connectivity index (χ0) is 16.3. The van der Waals surface area contributed by atoms with Crippen LogP contribution in [0.1, 0.15) is 17.0 Å². The lowest BCUT2D eigenvalue weighted by Gasteiger charge is -2.18. The summed E-state index contributed by atoms with van der Waals surface area (Å²) in [4.78, 5) is 12.1. The van der Waals surface area contributed by atoms with Gasteiger partial charge in [-0.25, -0.2) is 4.39 Å². The molecule has 2 aromatic carbocycles. The minimum atomic E-state index is -1.10. The average molecular weight is 366 g/mol. The van der Waals surface area contributed by atoms with Gasteiger partial charge in [0, 0.05) is 10.0 Å². The van der Waals surface area contributed by atoms with Gasteiger partial charge < -0.3 is 15.3 Å². The fraction of sp³-hybridized carbons (Fsp3) is 0.125. The molecule has 114 valence electrons. The highest BCUT2D eigenvalue weighted by molar-refractivity contribution is 9.10. The van der Waals surface area contributed by atoms with Gasteiger partial charge in [-0.1, -0.05) is 28.1 Å². The lowest BCUT2D eigenvalue weighted by Crippen LogP contribution is -2.23. The van der Waals surface area contributed by atoms with Gasteiger partial charge in [-0.2, -0.15) is 0 Å². The summed E-state index contributed by atoms with van der Waals surface area (Å²) < 4.78 is 18.4. The highest BCUT2D eigenvalue weighted by Crippen LogP contribution is 2.32. The fourth-order valence-electron chi connectivity index (χ4n) is 2.07. The summed E-state index contributed by atoms with van der Waals surface area (Å²) in [5.41, 5.74) is 0.534. The third-order valence-corrected chi connectivity index (χ3v) is 3.67. The van der Waals surface area contributed by atoms with Crippen LogP contribution >= 0.6 is 15.9 Å². The van der Waals surface area contributed by atoms with Crippen LogP contribution in [0.2, 0.25) is 0 Å². The number of halogens is 2. The van der Waals surface area contributed by atoms with Crippen molar-refractivity contribution in [3.05, 3.63) is 63.9 Å². The normalized spacial score (nSPS) is 11.8. The quantitative estimate of drug-likeness (QED) is 0.642. The Labute approximate surface area is 135 Å². The van der Waals surface area contributed by atoms with Gasteiger partial charge in [-0.15, -0.1) is 0 Å². The standard InChI is InChI=1S/C16H13BrFNO3/c1-22-16(21)14(12-8-10(17)4-7-13(12)20)15(19)9-2-5-11(18)6-3-9/h2-8,14,19-20H,1H3. The van der Waals surface area contributed by atoms with Gasteiger partial charge in [0.05, 0.1) is 12.8 Å². The number of benzene rings is 2. The monoisotopic (exact) mass is 365 g/mol. The summed E-state index contributed by atoms with van der Waals surface area (Å²) in [5.74, 6) is -2.34. The summed E-state index contributed by atoms with van der Waals surface area (Å²) in [5, 5.41) is 18.3. The minimum absolute atomic E-state index is 0.0831. The van der Waals surface area contributed by atoms with Crippen molar-refractivity contribution in [1.82, 2.24) is 0 Å². The number of rotatable bonds is 4. The van der Waals surface area contributed by atoms with Crippen molar-refractivity contribution in [1.29, 1.82) is 5.41 Å². The van der Waals surface area contributed by atoms with E-state index in [1.165, 1.54) is 37.4 Å². The number of methoxy groups -OCH3 is 1. The van der Waals surface area contributed by atoms with Gasteiger partial charge in [-0.3, -0.25) is 4.79 Å². The van der Waals surface area contributed by atoms with Gasteiger partial charge in [0.2, 0.25) is 0 Å². The Kier molecular flexibility index (Phi) is 4.92. The number of phenolic OH excluding ortho intramolecular Hbond substituents is 1. The van der Waals surface area contributed by atoms with E-state index < -0.39 is 17.7 Å². The predicted molar refractivity (Wildman–Crippen MR) is 83.8 cm³/mol. The second-order valence-corrected chi connectivity index (χ2v) is 5.50. The molecule has 0 spiro atoms. The van der Waals surface area contributed by atoms with Crippen LogP contribution in [0.3, 0.4) is 0 Å². The number of esters is 1. The van der Waals surface area contributed by atoms with Crippen LogP contribution in [0, 0.1) is 11.2 Å². The molecule has 0 amide bonds. The van der Waals surface area contributed by atoms with Crippen LogP contribution in [0.15, 0.2) is 46.9 Å². The number of ether oxygens (including phenoxy) is 1. The summed E-state index contributed by atoms with van der Waals surface area (Å²) in [6.07, 6.45) is 0. The van der Waals surface area contributed by atoms with Gasteiger partial charge >= 0.3 is 5.97 Å². The van der Waals surface area contributed by atoms with Crippen molar-refractivity contribution in [3.63, 3.8) is 0 Å². The third kappa shape index (κ3) is 3.33. The molecule has 1 unspecified atom stereocenters. The largest absolute Gasteiger partial charge is 0.508 e. The summed E-state index contributed by atoms with van der Waals surface area (Å²) >= 11 is 3.27. The highest BCUT2D eigenvalue weighted by Gasteiger charge is 2.30. The van der Waals surface area contributed by atoms with Gasteiger partial charge in [0.15, 0.2) is 0 Å². The zero-order valence-electron chi connectivity index (χ0n) is 11.6. The van der Waals surface area contributed by atoms with Crippen molar-refractivity contribution < 1.29 is 19.0 Å². The number of carbonyl (C=O) groups is 1. The molecule has 0 aliphatic carbocycles. The first-order chi connectivity index (χ1) is 10.4. The van der Waals surface area contributed by atoms with Crippen molar-refractivity contribution in [2.45, 2.75) is 5.92 Å². The second kappa shape index (κ2) is 6.70. The first kappa shape index (κ1) is 16.2. The van der Waals surface area contributed by atoms with Gasteiger partial charge in [0.1, 0.15) is 17.5 Å². The van der Waals surface area contributed by atoms with Crippen molar-refractivity contribution in [2.24, 2.45) is 0 Å². The summed E-state index contributed by atoms with van der Waals surface area (Å²) in [6, 6.07) is 9.82. The first-order valence-electron chi connectivity index (χ1n) is 6.34. The minimum Gasteiger partial charge on any atom is -0.508 e. The first-order valence-corrected chi connectivity index (χ1v) is 7.14. The Morgan fingerprint density at radius 1 is 1.27 bits per heavy atom. The molecule has 0 fully saturated rings. The maximum atomic E-state index is 13.0. The molecule has 2 aromatic rings. The number of carbonyl (C=O) groups excluding carboxylic acids is 1. The van der Waals surface area contributed by atoms with E-state index in [1.54, 1.807) is 12.1 Å². The Hall–Kier alpha value is -2.21. The van der Waals surface area contributed by atoms with Crippen LogP contribution in [-0.4, -0.2) is 23.9 Å². The fourth-order valence-corrected chi connectivity index (χ4v) is 2.45. The summed E-state index contributed by atoms with van der Waals surface area (Å²) in [7, 11) is 1.21. The number of nitrogens with one attached hydrogen (secondary N) is 1. The molecule has 2 rings (SSSR count). The van der Waals surface area contributed by atoms with Crippen LogP contribution in [-0.2, 0) is 9.53 Å². The van der Waals surface area contributed by atoms with E-state index in [0.717, 1.165) is 0 Å². The van der Waals surface area contributed by atoms with Crippen LogP contribution in [0.5, 0.6) is 5.75 Å². The molecule has 0 aliphatic rings. The highest BCUT2D eigenvalue weighted by atomic mass is 79.9. The van der Waals surface area contributed by atoms with Crippen LogP contribution in [0.25, 0.3) is 0 Å². The Bertz CT molecular complexity index is 716. The van der Waals surface area contributed by atoms with Gasteiger partial charge in [0.25, 0.3) is 0 Å². The van der Waals surface area contributed by atoms with Crippen molar-refractivity contribution in [2.75, 3.05) is 7.11 Å². The number of hydrogen-bond donors (Lipinski definition) is 2. The van der Waals surface area contributed by atoms with E-state index >= 15 is 0 Å². The SMILES string of the molecule is COC(=O)C(C(=N)c1ccc(F)cc1)c1cc(Br)ccc1O. The molecule has 22 heavy (non-hydrogen) atoms.